The van der Waals surface area contributed by atoms with Crippen LogP contribution in [0.1, 0.15) is 53.5 Å². The second-order valence-electron chi connectivity index (χ2n) is 11.0. The number of ether oxygens (including phenoxy) is 1. The zero-order valence-electron chi connectivity index (χ0n) is 24.0. The first-order valence-electron chi connectivity index (χ1n) is 14.6. The van der Waals surface area contributed by atoms with Gasteiger partial charge in [-0.05, 0) is 66.9 Å². The molecule has 0 spiro atoms. The van der Waals surface area contributed by atoms with Crippen molar-refractivity contribution >= 4 is 34.0 Å². The fourth-order valence-electron chi connectivity index (χ4n) is 5.80. The molecule has 0 bridgehead atoms. The summed E-state index contributed by atoms with van der Waals surface area (Å²) in [4.78, 5) is 35.9. The number of thiazole rings is 1. The van der Waals surface area contributed by atoms with Gasteiger partial charge in [0.05, 0.1) is 11.7 Å². The summed E-state index contributed by atoms with van der Waals surface area (Å²) in [6.07, 6.45) is 0.559. The van der Waals surface area contributed by atoms with Gasteiger partial charge in [-0.25, -0.2) is 9.97 Å². The second kappa shape index (κ2) is 12.9. The lowest BCUT2D eigenvalue weighted by atomic mass is 10.1. The SMILES string of the molecule is O=C(Nc1nc([C@H]2CCCN2c2ccc(OC3CCN(C(=O)C(F)(F)F)CC3)cc2)cs1)c1cccn1Cc1ccnc(F)c1. The average molecular weight is 643 g/mol. The third-order valence-corrected chi connectivity index (χ3v) is 8.76. The molecule has 1 atom stereocenters. The Balaban J connectivity index is 1.05. The fourth-order valence-corrected chi connectivity index (χ4v) is 6.55. The average Bonchev–Trinajstić information content (AvgIpc) is 3.79. The summed E-state index contributed by atoms with van der Waals surface area (Å²) in [5.41, 5.74) is 2.96. The highest BCUT2D eigenvalue weighted by atomic mass is 32.1. The number of nitrogens with zero attached hydrogens (tertiary/aromatic N) is 5. The first-order chi connectivity index (χ1) is 21.6. The van der Waals surface area contributed by atoms with E-state index < -0.39 is 18.0 Å². The Morgan fingerprint density at radius 1 is 1.04 bits per heavy atom. The highest BCUT2D eigenvalue weighted by Crippen LogP contribution is 2.38. The van der Waals surface area contributed by atoms with E-state index in [0.29, 0.717) is 41.5 Å². The lowest BCUT2D eigenvalue weighted by Gasteiger charge is -2.32. The molecule has 2 fully saturated rings. The zero-order valence-corrected chi connectivity index (χ0v) is 24.9. The van der Waals surface area contributed by atoms with Crippen molar-refractivity contribution in [1.29, 1.82) is 0 Å². The van der Waals surface area contributed by atoms with Crippen molar-refractivity contribution in [1.82, 2.24) is 19.4 Å². The van der Waals surface area contributed by atoms with Gasteiger partial charge in [-0.3, -0.25) is 14.9 Å². The van der Waals surface area contributed by atoms with E-state index in [2.05, 4.69) is 15.2 Å². The molecule has 0 radical (unpaired) electrons. The minimum Gasteiger partial charge on any atom is -0.490 e. The first-order valence-corrected chi connectivity index (χ1v) is 15.4. The van der Waals surface area contributed by atoms with E-state index in [9.17, 15) is 27.2 Å². The number of hydrogen-bond donors (Lipinski definition) is 1. The Labute approximate surface area is 260 Å². The number of alkyl halides is 3. The molecule has 2 aliphatic rings. The van der Waals surface area contributed by atoms with Gasteiger partial charge in [0.25, 0.3) is 5.91 Å². The van der Waals surface area contributed by atoms with E-state index in [1.807, 2.05) is 29.6 Å². The predicted molar refractivity (Wildman–Crippen MR) is 160 cm³/mol. The molecular formula is C31H30F4N6O3S. The molecule has 6 rings (SSSR count). The smallest absolute Gasteiger partial charge is 0.471 e. The number of pyridine rings is 1. The monoisotopic (exact) mass is 642 g/mol. The number of anilines is 2. The number of piperidine rings is 1. The van der Waals surface area contributed by atoms with Crippen molar-refractivity contribution in [3.05, 3.63) is 89.2 Å². The van der Waals surface area contributed by atoms with E-state index >= 15 is 0 Å². The van der Waals surface area contributed by atoms with Crippen molar-refractivity contribution in [3.8, 4) is 5.75 Å². The number of carbonyl (C=O) groups excluding carboxylic acids is 2. The summed E-state index contributed by atoms with van der Waals surface area (Å²) in [7, 11) is 0. The summed E-state index contributed by atoms with van der Waals surface area (Å²) < 4.78 is 59.4. The molecule has 1 N–H and O–H groups in total. The van der Waals surface area contributed by atoms with Crippen LogP contribution in [0.15, 0.2) is 66.3 Å². The Bertz CT molecular complexity index is 1650. The quantitative estimate of drug-likeness (QED) is 0.186. The molecule has 0 saturated carbocycles. The summed E-state index contributed by atoms with van der Waals surface area (Å²) in [5, 5.41) is 5.32. The molecule has 2 saturated heterocycles. The lowest BCUT2D eigenvalue weighted by molar-refractivity contribution is -0.187. The predicted octanol–water partition coefficient (Wildman–Crippen LogP) is 6.05. The van der Waals surface area contributed by atoms with E-state index in [1.165, 1.54) is 23.6 Å². The van der Waals surface area contributed by atoms with E-state index in [1.54, 1.807) is 29.0 Å². The lowest BCUT2D eigenvalue weighted by Crippen LogP contribution is -2.47. The summed E-state index contributed by atoms with van der Waals surface area (Å²) >= 11 is 1.35. The molecule has 1 aromatic carbocycles. The highest BCUT2D eigenvalue weighted by molar-refractivity contribution is 7.14. The van der Waals surface area contributed by atoms with Crippen LogP contribution in [0, 0.1) is 5.95 Å². The summed E-state index contributed by atoms with van der Waals surface area (Å²) in [6.45, 7) is 1.17. The third-order valence-electron chi connectivity index (χ3n) is 7.99. The molecule has 4 aromatic rings. The van der Waals surface area contributed by atoms with Gasteiger partial charge in [0, 0.05) is 62.5 Å². The van der Waals surface area contributed by atoms with E-state index in [-0.39, 0.29) is 31.1 Å². The molecule has 45 heavy (non-hydrogen) atoms. The van der Waals surface area contributed by atoms with Crippen molar-refractivity contribution < 1.29 is 31.9 Å². The van der Waals surface area contributed by atoms with Gasteiger partial charge in [-0.1, -0.05) is 0 Å². The van der Waals surface area contributed by atoms with Gasteiger partial charge in [-0.2, -0.15) is 17.6 Å². The van der Waals surface area contributed by atoms with Gasteiger partial charge in [0.1, 0.15) is 17.5 Å². The van der Waals surface area contributed by atoms with Crippen molar-refractivity contribution in [2.24, 2.45) is 0 Å². The number of likely N-dealkylation sites (tertiary alicyclic amines) is 1. The standard InChI is InChI=1S/C31H30F4N6O3S/c32-27-17-20(9-12-36-27)18-40-13-1-4-26(40)28(42)38-30-37-24(19-45-30)25-3-2-14-41(25)21-5-7-22(8-6-21)44-23-10-15-39(16-11-23)29(43)31(33,34)35/h1,4-9,12-13,17,19,23,25H,2-3,10-11,14-16,18H2,(H,37,38,42)/t25-/m1/s1. The Kier molecular flexibility index (Phi) is 8.74. The molecule has 14 heteroatoms. The Morgan fingerprint density at radius 2 is 1.82 bits per heavy atom. The second-order valence-corrected chi connectivity index (χ2v) is 11.9. The van der Waals surface area contributed by atoms with Crippen LogP contribution in [0.4, 0.5) is 28.4 Å². The molecule has 2 aliphatic heterocycles. The van der Waals surface area contributed by atoms with E-state index in [4.69, 9.17) is 9.72 Å². The van der Waals surface area contributed by atoms with Crippen LogP contribution in [-0.4, -0.2) is 63.2 Å². The number of halogens is 4. The van der Waals surface area contributed by atoms with Gasteiger partial charge in [0.15, 0.2) is 5.13 Å². The van der Waals surface area contributed by atoms with Gasteiger partial charge in [-0.15, -0.1) is 11.3 Å². The zero-order chi connectivity index (χ0) is 31.6. The molecule has 3 aromatic heterocycles. The molecule has 236 valence electrons. The van der Waals surface area contributed by atoms with Crippen LogP contribution in [0.5, 0.6) is 5.75 Å². The van der Waals surface area contributed by atoms with Crippen LogP contribution in [-0.2, 0) is 11.3 Å². The van der Waals surface area contributed by atoms with Crippen molar-refractivity contribution in [3.63, 3.8) is 0 Å². The molecular weight excluding hydrogens is 612 g/mol. The van der Waals surface area contributed by atoms with Crippen LogP contribution >= 0.6 is 11.3 Å². The van der Waals surface area contributed by atoms with Crippen LogP contribution < -0.4 is 15.0 Å². The molecule has 5 heterocycles. The van der Waals surface area contributed by atoms with Gasteiger partial charge in [0.2, 0.25) is 5.95 Å². The summed E-state index contributed by atoms with van der Waals surface area (Å²) in [5.74, 6) is -2.07. The van der Waals surface area contributed by atoms with Crippen LogP contribution in [0.25, 0.3) is 0 Å². The molecule has 0 unspecified atom stereocenters. The molecule has 9 nitrogen and oxygen atoms in total. The number of nitrogens with one attached hydrogen (secondary N) is 1. The van der Waals surface area contributed by atoms with E-state index in [0.717, 1.165) is 35.7 Å². The maximum absolute atomic E-state index is 13.5. The van der Waals surface area contributed by atoms with Crippen LogP contribution in [0.3, 0.4) is 0 Å². The number of amides is 2. The van der Waals surface area contributed by atoms with Gasteiger partial charge < -0.3 is 19.1 Å². The third kappa shape index (κ3) is 7.11. The van der Waals surface area contributed by atoms with Crippen LogP contribution in [0.2, 0.25) is 0 Å². The fraction of sp³-hybridized carbons (Fsp3) is 0.355. The first kappa shape index (κ1) is 30.6. The molecule has 2 amide bonds. The topological polar surface area (TPSA) is 92.6 Å². The van der Waals surface area contributed by atoms with Gasteiger partial charge >= 0.3 is 12.1 Å². The highest BCUT2D eigenvalue weighted by Gasteiger charge is 2.43. The number of rotatable bonds is 8. The maximum Gasteiger partial charge on any atom is 0.471 e. The molecule has 0 aliphatic carbocycles. The summed E-state index contributed by atoms with van der Waals surface area (Å²) in [6, 6.07) is 14.1. The Hall–Kier alpha value is -4.46. The van der Waals surface area contributed by atoms with Crippen molar-refractivity contribution in [2.45, 2.75) is 50.6 Å². The normalized spacial score (nSPS) is 17.5. The number of aromatic nitrogens is 3. The minimum atomic E-state index is -4.86. The number of benzene rings is 1. The largest absolute Gasteiger partial charge is 0.490 e. The minimum absolute atomic E-state index is 0.00616. The maximum atomic E-state index is 13.5. The number of carbonyl (C=O) groups is 2. The number of hydrogen-bond acceptors (Lipinski definition) is 7. The Morgan fingerprint density at radius 3 is 2.56 bits per heavy atom. The van der Waals surface area contributed by atoms with Crippen molar-refractivity contribution in [2.75, 3.05) is 29.9 Å².